The number of aryl methyl sites for hydroxylation is 1. The number of aromatic nitrogens is 1. The van der Waals surface area contributed by atoms with Crippen LogP contribution in [0.2, 0.25) is 0 Å². The zero-order valence-corrected chi connectivity index (χ0v) is 17.9. The van der Waals surface area contributed by atoms with E-state index in [1.807, 2.05) is 25.1 Å². The molecule has 9 heteroatoms. The maximum absolute atomic E-state index is 12.7. The van der Waals surface area contributed by atoms with E-state index in [-0.39, 0.29) is 19.3 Å². The molecule has 0 atom stereocenters. The van der Waals surface area contributed by atoms with Crippen molar-refractivity contribution in [2.24, 2.45) is 0 Å². The number of hydrogen-bond acceptors (Lipinski definition) is 7. The fourth-order valence-electron chi connectivity index (χ4n) is 3.07. The number of thiazole rings is 1. The highest BCUT2D eigenvalue weighted by atomic mass is 32.1. The van der Waals surface area contributed by atoms with Gasteiger partial charge >= 0.3 is 6.09 Å². The molecule has 0 bridgehead atoms. The molecule has 3 aromatic rings. The van der Waals surface area contributed by atoms with Crippen LogP contribution in [-0.4, -0.2) is 30.4 Å². The molecule has 2 heterocycles. The number of nitrogens with zero attached hydrogens (tertiary/aromatic N) is 1. The van der Waals surface area contributed by atoms with E-state index in [4.69, 9.17) is 14.2 Å². The molecule has 31 heavy (non-hydrogen) atoms. The van der Waals surface area contributed by atoms with E-state index in [2.05, 4.69) is 15.6 Å². The van der Waals surface area contributed by atoms with Crippen molar-refractivity contribution >= 4 is 34.2 Å². The third-order valence-corrected chi connectivity index (χ3v) is 5.63. The molecule has 2 N–H and O–H groups in total. The van der Waals surface area contributed by atoms with Crippen molar-refractivity contribution in [2.75, 3.05) is 24.0 Å². The summed E-state index contributed by atoms with van der Waals surface area (Å²) in [6.07, 6.45) is 0.110. The van der Waals surface area contributed by atoms with Crippen LogP contribution in [0.1, 0.15) is 33.4 Å². The molecule has 0 unspecified atom stereocenters. The summed E-state index contributed by atoms with van der Waals surface area (Å²) in [6.45, 7) is 4.15. The van der Waals surface area contributed by atoms with Crippen LogP contribution in [0.4, 0.5) is 15.6 Å². The van der Waals surface area contributed by atoms with Gasteiger partial charge in [0.2, 0.25) is 6.79 Å². The highest BCUT2D eigenvalue weighted by molar-refractivity contribution is 7.15. The van der Waals surface area contributed by atoms with Gasteiger partial charge in [0.05, 0.1) is 12.3 Å². The van der Waals surface area contributed by atoms with E-state index < -0.39 is 6.09 Å². The number of anilines is 2. The lowest BCUT2D eigenvalue weighted by molar-refractivity contribution is 0.102. The molecule has 1 aromatic heterocycles. The van der Waals surface area contributed by atoms with E-state index in [0.717, 1.165) is 27.6 Å². The zero-order valence-electron chi connectivity index (χ0n) is 17.1. The Balaban J connectivity index is 1.43. The molecule has 1 aliphatic rings. The normalized spacial score (nSPS) is 11.8. The number of amides is 2. The molecule has 0 radical (unpaired) electrons. The van der Waals surface area contributed by atoms with E-state index in [1.54, 1.807) is 31.2 Å². The first-order valence-electron chi connectivity index (χ1n) is 9.72. The summed E-state index contributed by atoms with van der Waals surface area (Å²) >= 11 is 1.43. The first-order valence-corrected chi connectivity index (χ1v) is 10.5. The second-order valence-corrected chi connectivity index (χ2v) is 7.86. The summed E-state index contributed by atoms with van der Waals surface area (Å²) in [4.78, 5) is 29.8. The van der Waals surface area contributed by atoms with E-state index in [0.29, 0.717) is 22.8 Å². The number of hydrogen-bond donors (Lipinski definition) is 2. The maximum Gasteiger partial charge on any atom is 0.411 e. The molecule has 0 fully saturated rings. The number of benzene rings is 2. The Bertz CT molecular complexity index is 1130. The van der Waals surface area contributed by atoms with Gasteiger partial charge in [-0.25, -0.2) is 9.78 Å². The van der Waals surface area contributed by atoms with Crippen molar-refractivity contribution in [3.05, 3.63) is 64.2 Å². The summed E-state index contributed by atoms with van der Waals surface area (Å²) in [5, 5.41) is 5.94. The van der Waals surface area contributed by atoms with Crippen LogP contribution in [0, 0.1) is 6.92 Å². The minimum Gasteiger partial charge on any atom is -0.454 e. The highest BCUT2D eigenvalue weighted by Crippen LogP contribution is 2.34. The smallest absolute Gasteiger partial charge is 0.411 e. The molecule has 8 nitrogen and oxygen atoms in total. The van der Waals surface area contributed by atoms with Crippen LogP contribution in [0.15, 0.2) is 42.5 Å². The Morgan fingerprint density at radius 2 is 1.97 bits per heavy atom. The van der Waals surface area contributed by atoms with E-state index in [9.17, 15) is 9.59 Å². The molecule has 0 aliphatic carbocycles. The fraction of sp³-hybridized carbons (Fsp3) is 0.227. The number of ether oxygens (including phenoxy) is 3. The van der Waals surface area contributed by atoms with Crippen LogP contribution in [0.25, 0.3) is 0 Å². The first kappa shape index (κ1) is 20.7. The number of fused-ring (bicyclic) bond motifs is 1. The Hall–Kier alpha value is -3.59. The maximum atomic E-state index is 12.7. The van der Waals surface area contributed by atoms with Gasteiger partial charge in [-0.1, -0.05) is 12.1 Å². The van der Waals surface area contributed by atoms with Gasteiger partial charge in [-0.05, 0) is 49.7 Å². The lowest BCUT2D eigenvalue weighted by Gasteiger charge is -2.07. The molecule has 0 spiro atoms. The predicted octanol–water partition coefficient (Wildman–Crippen LogP) is 4.59. The summed E-state index contributed by atoms with van der Waals surface area (Å²) in [5.41, 5.74) is 2.81. The fourth-order valence-corrected chi connectivity index (χ4v) is 4.07. The lowest BCUT2D eigenvalue weighted by atomic mass is 10.1. The molecule has 2 amide bonds. The molecule has 2 aromatic carbocycles. The second kappa shape index (κ2) is 9.05. The van der Waals surface area contributed by atoms with Gasteiger partial charge in [0.1, 0.15) is 0 Å². The van der Waals surface area contributed by atoms with Crippen LogP contribution >= 0.6 is 11.3 Å². The quantitative estimate of drug-likeness (QED) is 0.583. The number of carbonyl (C=O) groups excluding carboxylic acids is 2. The number of carbonyl (C=O) groups is 2. The molecular formula is C22H21N3O5S. The average molecular weight is 439 g/mol. The predicted molar refractivity (Wildman–Crippen MR) is 117 cm³/mol. The Morgan fingerprint density at radius 3 is 2.81 bits per heavy atom. The average Bonchev–Trinajstić information content (AvgIpc) is 3.34. The Kier molecular flexibility index (Phi) is 6.03. The van der Waals surface area contributed by atoms with Crippen molar-refractivity contribution in [3.8, 4) is 11.5 Å². The van der Waals surface area contributed by atoms with Crippen molar-refractivity contribution in [1.29, 1.82) is 0 Å². The van der Waals surface area contributed by atoms with Gasteiger partial charge in [-0.15, -0.1) is 11.3 Å². The first-order chi connectivity index (χ1) is 15.0. The monoisotopic (exact) mass is 439 g/mol. The molecule has 1 aliphatic heterocycles. The summed E-state index contributed by atoms with van der Waals surface area (Å²) in [6, 6.07) is 12.5. The second-order valence-electron chi connectivity index (χ2n) is 6.77. The van der Waals surface area contributed by atoms with Crippen LogP contribution in [0.3, 0.4) is 0 Å². The minimum absolute atomic E-state index is 0.241. The Labute approximate surface area is 183 Å². The standard InChI is InChI=1S/C22H21N3O5S/c1-3-28-22(27)24-16-6-4-5-15(11-16)20(26)25-21-23-13(2)19(31-21)10-14-7-8-17-18(9-14)30-12-29-17/h4-9,11H,3,10,12H2,1-2H3,(H,24,27)(H,23,25,26). The summed E-state index contributed by atoms with van der Waals surface area (Å²) < 4.78 is 15.6. The summed E-state index contributed by atoms with van der Waals surface area (Å²) in [5.74, 6) is 1.18. The molecule has 0 saturated carbocycles. The van der Waals surface area contributed by atoms with Crippen LogP contribution in [-0.2, 0) is 11.2 Å². The number of nitrogens with one attached hydrogen (secondary N) is 2. The van der Waals surface area contributed by atoms with Gasteiger partial charge in [0, 0.05) is 22.5 Å². The Morgan fingerprint density at radius 1 is 1.13 bits per heavy atom. The van der Waals surface area contributed by atoms with Crippen LogP contribution in [0.5, 0.6) is 11.5 Å². The third-order valence-electron chi connectivity index (χ3n) is 4.56. The van der Waals surface area contributed by atoms with Gasteiger partial charge in [-0.3, -0.25) is 15.4 Å². The van der Waals surface area contributed by atoms with Crippen molar-refractivity contribution in [3.63, 3.8) is 0 Å². The third kappa shape index (κ3) is 4.95. The minimum atomic E-state index is -0.566. The van der Waals surface area contributed by atoms with Crippen molar-refractivity contribution in [1.82, 2.24) is 4.98 Å². The molecule has 4 rings (SSSR count). The van der Waals surface area contributed by atoms with Gasteiger partial charge in [0.15, 0.2) is 16.6 Å². The van der Waals surface area contributed by atoms with Gasteiger partial charge < -0.3 is 14.2 Å². The molecule has 160 valence electrons. The number of rotatable bonds is 6. The van der Waals surface area contributed by atoms with Gasteiger partial charge in [0.25, 0.3) is 5.91 Å². The molecular weight excluding hydrogens is 418 g/mol. The largest absolute Gasteiger partial charge is 0.454 e. The highest BCUT2D eigenvalue weighted by Gasteiger charge is 2.16. The topological polar surface area (TPSA) is 98.8 Å². The van der Waals surface area contributed by atoms with Crippen LogP contribution < -0.4 is 20.1 Å². The van der Waals surface area contributed by atoms with Gasteiger partial charge in [-0.2, -0.15) is 0 Å². The zero-order chi connectivity index (χ0) is 21.8. The molecule has 0 saturated heterocycles. The van der Waals surface area contributed by atoms with Crippen molar-refractivity contribution in [2.45, 2.75) is 20.3 Å². The van der Waals surface area contributed by atoms with E-state index in [1.165, 1.54) is 11.3 Å². The summed E-state index contributed by atoms with van der Waals surface area (Å²) in [7, 11) is 0. The lowest BCUT2D eigenvalue weighted by Crippen LogP contribution is -2.15. The van der Waals surface area contributed by atoms with E-state index >= 15 is 0 Å². The SMILES string of the molecule is CCOC(=O)Nc1cccc(C(=O)Nc2nc(C)c(Cc3ccc4c(c3)OCO4)s2)c1. The van der Waals surface area contributed by atoms with Crippen molar-refractivity contribution < 1.29 is 23.8 Å².